The molecule has 0 bridgehead atoms. The summed E-state index contributed by atoms with van der Waals surface area (Å²) in [7, 11) is 0. The third-order valence-corrected chi connectivity index (χ3v) is 2.90. The van der Waals surface area contributed by atoms with Crippen LogP contribution in [0.5, 0.6) is 5.75 Å². The van der Waals surface area contributed by atoms with Gasteiger partial charge in [0.1, 0.15) is 18.5 Å². The minimum Gasteiger partial charge on any atom is -0.489 e. The molecule has 3 rings (SSSR count). The maximum absolute atomic E-state index is 11.2. The lowest BCUT2D eigenvalue weighted by Gasteiger charge is -2.08. The summed E-state index contributed by atoms with van der Waals surface area (Å²) >= 11 is 0. The maximum atomic E-state index is 11.2. The van der Waals surface area contributed by atoms with Crippen LogP contribution >= 0.6 is 0 Å². The third-order valence-electron chi connectivity index (χ3n) is 2.90. The highest BCUT2D eigenvalue weighted by molar-refractivity contribution is 6.00. The Morgan fingerprint density at radius 3 is 2.81 bits per heavy atom. The molecule has 0 saturated carbocycles. The zero-order valence-electron chi connectivity index (χ0n) is 12.2. The molecule has 1 aromatic carbocycles. The number of para-hydroxylation sites is 1. The second-order valence-corrected chi connectivity index (χ2v) is 4.71. The molecule has 1 fully saturated rings. The lowest BCUT2D eigenvalue weighted by molar-refractivity contribution is -0.140. The lowest BCUT2D eigenvalue weighted by atomic mass is 10.1. The highest BCUT2D eigenvalue weighted by Gasteiger charge is 2.25. The zero-order valence-corrected chi connectivity index (χ0v) is 12.2. The van der Waals surface area contributed by atoms with Gasteiger partial charge in [0.25, 0.3) is 0 Å². The topological polar surface area (TPSA) is 77.2 Å². The molecule has 1 atom stereocenters. The molecule has 21 heavy (non-hydrogen) atoms. The van der Waals surface area contributed by atoms with E-state index in [0.717, 1.165) is 23.6 Å². The monoisotopic (exact) mass is 293 g/mol. The Morgan fingerprint density at radius 1 is 1.48 bits per heavy atom. The van der Waals surface area contributed by atoms with Crippen LogP contribution in [0.1, 0.15) is 19.4 Å². The summed E-state index contributed by atoms with van der Waals surface area (Å²) in [6.45, 7) is 4.99. The normalized spacial score (nSPS) is 18.0. The molecule has 2 aliphatic rings. The van der Waals surface area contributed by atoms with E-state index >= 15 is 0 Å². The first-order valence-electron chi connectivity index (χ1n) is 6.89. The van der Waals surface area contributed by atoms with Gasteiger partial charge >= 0.3 is 5.97 Å². The number of amides is 1. The van der Waals surface area contributed by atoms with Crippen molar-refractivity contribution in [2.24, 2.45) is 0 Å². The van der Waals surface area contributed by atoms with Crippen LogP contribution in [0.25, 0.3) is 0 Å². The number of rotatable bonds is 4. The summed E-state index contributed by atoms with van der Waals surface area (Å²) in [5, 5.41) is 2.81. The van der Waals surface area contributed by atoms with Gasteiger partial charge in [-0.25, -0.2) is 0 Å². The van der Waals surface area contributed by atoms with Crippen LogP contribution in [0.15, 0.2) is 18.2 Å². The summed E-state index contributed by atoms with van der Waals surface area (Å²) in [6, 6.07) is 5.71. The number of hydrogen-bond acceptors (Lipinski definition) is 5. The lowest BCUT2D eigenvalue weighted by Crippen LogP contribution is -2.07. The van der Waals surface area contributed by atoms with Gasteiger partial charge in [-0.3, -0.25) is 9.59 Å². The third kappa shape index (κ3) is 4.75. The Labute approximate surface area is 123 Å². The van der Waals surface area contributed by atoms with Crippen LogP contribution in [0.4, 0.5) is 5.69 Å². The van der Waals surface area contributed by atoms with Gasteiger partial charge in [0.2, 0.25) is 5.91 Å². The zero-order chi connectivity index (χ0) is 15.2. The van der Waals surface area contributed by atoms with Crippen molar-refractivity contribution in [3.8, 4) is 5.75 Å². The Bertz CT molecular complexity index is 525. The Hall–Kier alpha value is -2.08. The van der Waals surface area contributed by atoms with E-state index < -0.39 is 0 Å². The summed E-state index contributed by atoms with van der Waals surface area (Å²) in [5.41, 5.74) is 1.83. The number of hydrogen-bond donors (Lipinski definition) is 1. The molecule has 114 valence electrons. The predicted octanol–water partition coefficient (Wildman–Crippen LogP) is 1.53. The van der Waals surface area contributed by atoms with Gasteiger partial charge in [0, 0.05) is 6.92 Å². The molecule has 0 aliphatic carbocycles. The molecule has 1 unspecified atom stereocenters. The quantitative estimate of drug-likeness (QED) is 0.673. The Kier molecular flexibility index (Phi) is 5.16. The molecule has 1 aromatic rings. The molecule has 0 spiro atoms. The molecular weight excluding hydrogens is 274 g/mol. The van der Waals surface area contributed by atoms with Gasteiger partial charge in [-0.05, 0) is 18.6 Å². The van der Waals surface area contributed by atoms with E-state index in [1.165, 1.54) is 6.92 Å². The molecule has 0 aromatic heterocycles. The van der Waals surface area contributed by atoms with Crippen LogP contribution in [0, 0.1) is 0 Å². The highest BCUT2D eigenvalue weighted by Crippen LogP contribution is 2.33. The van der Waals surface area contributed by atoms with E-state index in [0.29, 0.717) is 19.6 Å². The van der Waals surface area contributed by atoms with E-state index in [1.807, 2.05) is 18.2 Å². The summed E-state index contributed by atoms with van der Waals surface area (Å²) in [5.74, 6) is 0.565. The van der Waals surface area contributed by atoms with Crippen LogP contribution in [-0.2, 0) is 25.5 Å². The average molecular weight is 293 g/mol. The summed E-state index contributed by atoms with van der Waals surface area (Å²) in [6.07, 6.45) is 0.685. The SMILES string of the molecule is CCOC(C)=O.O=C1Cc2cccc(OCC3CO3)c2N1. The van der Waals surface area contributed by atoms with Crippen molar-refractivity contribution in [2.75, 3.05) is 25.1 Å². The standard InChI is InChI=1S/C11H11NO3.C4H8O2/c13-10-4-7-2-1-3-9(11(7)12-10)15-6-8-5-14-8;1-3-6-4(2)5/h1-3,8H,4-6H2,(H,12,13);3H2,1-2H3. The fraction of sp³-hybridized carbons (Fsp3) is 0.467. The molecule has 6 nitrogen and oxygen atoms in total. The van der Waals surface area contributed by atoms with Crippen molar-refractivity contribution in [3.63, 3.8) is 0 Å². The number of epoxide rings is 1. The minimum atomic E-state index is -0.211. The molecular formula is C15H19NO5. The second-order valence-electron chi connectivity index (χ2n) is 4.71. The molecule has 2 aliphatic heterocycles. The number of nitrogens with one attached hydrogen (secondary N) is 1. The van der Waals surface area contributed by atoms with Crippen LogP contribution in [0.3, 0.4) is 0 Å². The minimum absolute atomic E-state index is 0.0312. The second kappa shape index (κ2) is 7.08. The number of fused-ring (bicyclic) bond motifs is 1. The van der Waals surface area contributed by atoms with Gasteiger partial charge in [-0.2, -0.15) is 0 Å². The molecule has 1 amide bonds. The van der Waals surface area contributed by atoms with Crippen LogP contribution < -0.4 is 10.1 Å². The van der Waals surface area contributed by atoms with E-state index in [-0.39, 0.29) is 18.0 Å². The highest BCUT2D eigenvalue weighted by atomic mass is 16.6. The summed E-state index contributed by atoms with van der Waals surface area (Å²) < 4.78 is 15.0. The number of anilines is 1. The van der Waals surface area contributed by atoms with E-state index in [1.54, 1.807) is 6.92 Å². The van der Waals surface area contributed by atoms with Crippen molar-refractivity contribution in [2.45, 2.75) is 26.4 Å². The van der Waals surface area contributed by atoms with Crippen molar-refractivity contribution in [3.05, 3.63) is 23.8 Å². The van der Waals surface area contributed by atoms with Crippen molar-refractivity contribution in [1.82, 2.24) is 0 Å². The Balaban J connectivity index is 0.000000232. The van der Waals surface area contributed by atoms with Gasteiger partial charge in [-0.1, -0.05) is 12.1 Å². The first-order valence-corrected chi connectivity index (χ1v) is 6.89. The van der Waals surface area contributed by atoms with Gasteiger partial charge in [-0.15, -0.1) is 0 Å². The van der Waals surface area contributed by atoms with Gasteiger partial charge in [0.05, 0.1) is 25.3 Å². The fourth-order valence-electron chi connectivity index (χ4n) is 1.89. The first kappa shape index (κ1) is 15.3. The largest absolute Gasteiger partial charge is 0.489 e. The van der Waals surface area contributed by atoms with Crippen molar-refractivity contribution in [1.29, 1.82) is 0 Å². The number of esters is 1. The van der Waals surface area contributed by atoms with E-state index in [4.69, 9.17) is 9.47 Å². The number of benzene rings is 1. The number of ether oxygens (including phenoxy) is 3. The fourth-order valence-corrected chi connectivity index (χ4v) is 1.89. The van der Waals surface area contributed by atoms with Crippen molar-refractivity contribution < 1.29 is 23.8 Å². The smallest absolute Gasteiger partial charge is 0.302 e. The molecule has 1 saturated heterocycles. The van der Waals surface area contributed by atoms with Crippen molar-refractivity contribution >= 4 is 17.6 Å². The number of carbonyl (C=O) groups is 2. The van der Waals surface area contributed by atoms with Crippen LogP contribution in [-0.4, -0.2) is 37.8 Å². The maximum Gasteiger partial charge on any atom is 0.302 e. The summed E-state index contributed by atoms with van der Waals surface area (Å²) in [4.78, 5) is 21.0. The molecule has 0 radical (unpaired) electrons. The Morgan fingerprint density at radius 2 is 2.24 bits per heavy atom. The van der Waals surface area contributed by atoms with Gasteiger partial charge < -0.3 is 19.5 Å². The molecule has 2 heterocycles. The molecule has 1 N–H and O–H groups in total. The first-order chi connectivity index (χ1) is 10.1. The molecule has 6 heteroatoms. The van der Waals surface area contributed by atoms with Crippen LogP contribution in [0.2, 0.25) is 0 Å². The van der Waals surface area contributed by atoms with E-state index in [2.05, 4.69) is 10.1 Å². The number of carbonyl (C=O) groups excluding carboxylic acids is 2. The van der Waals surface area contributed by atoms with Gasteiger partial charge in [0.15, 0.2) is 0 Å². The predicted molar refractivity (Wildman–Crippen MR) is 76.3 cm³/mol. The average Bonchev–Trinajstić information content (AvgIpc) is 3.17. The van der Waals surface area contributed by atoms with E-state index in [9.17, 15) is 9.59 Å².